The van der Waals surface area contributed by atoms with Gasteiger partial charge in [-0.3, -0.25) is 4.79 Å². The number of carbonyl (C=O) groups excluding carboxylic acids is 3. The summed E-state index contributed by atoms with van der Waals surface area (Å²) in [5, 5.41) is 2.51. The van der Waals surface area contributed by atoms with E-state index in [0.717, 1.165) is 0 Å². The number of amides is 1. The lowest BCUT2D eigenvalue weighted by Gasteiger charge is -2.12. The molecule has 0 spiro atoms. The lowest BCUT2D eigenvalue weighted by Crippen LogP contribution is -2.27. The van der Waals surface area contributed by atoms with Crippen molar-refractivity contribution in [2.45, 2.75) is 18.7 Å². The molecular weight excluding hydrogens is 488 g/mol. The predicted molar refractivity (Wildman–Crippen MR) is 125 cm³/mol. The van der Waals surface area contributed by atoms with Crippen LogP contribution in [0.15, 0.2) is 41.3 Å². The molecule has 0 aliphatic heterocycles. The van der Waals surface area contributed by atoms with E-state index in [9.17, 15) is 22.8 Å². The molecule has 2 N–H and O–H groups in total. The minimum atomic E-state index is -3.74. The molecular formula is C22H25ClN2O8S. The number of esters is 2. The largest absolute Gasteiger partial charge is 0.482 e. The summed E-state index contributed by atoms with van der Waals surface area (Å²) in [6, 6.07) is 7.80. The molecule has 0 saturated carbocycles. The summed E-state index contributed by atoms with van der Waals surface area (Å²) < 4.78 is 41.8. The zero-order valence-corrected chi connectivity index (χ0v) is 20.6. The van der Waals surface area contributed by atoms with Crippen LogP contribution in [0.1, 0.15) is 34.6 Å². The molecule has 2 aromatic carbocycles. The molecule has 0 fully saturated rings. The van der Waals surface area contributed by atoms with Crippen molar-refractivity contribution in [3.8, 4) is 5.75 Å². The van der Waals surface area contributed by atoms with Gasteiger partial charge in [0.15, 0.2) is 6.61 Å². The van der Waals surface area contributed by atoms with Gasteiger partial charge in [-0.15, -0.1) is 0 Å². The van der Waals surface area contributed by atoms with Gasteiger partial charge in [-0.1, -0.05) is 25.4 Å². The first-order chi connectivity index (χ1) is 16.0. The maximum Gasteiger partial charge on any atom is 0.337 e. The van der Waals surface area contributed by atoms with Crippen molar-refractivity contribution in [3.05, 3.63) is 52.5 Å². The SMILES string of the molecule is COC(=O)c1cc(NC(=O)COc2ccc(S(=O)(=O)NCC(C)C)cc2Cl)cc(C(=O)OC)c1. The molecule has 1 amide bonds. The normalized spacial score (nSPS) is 11.1. The second-order valence-electron chi connectivity index (χ2n) is 7.46. The molecule has 2 aromatic rings. The molecule has 2 rings (SSSR count). The number of hydrogen-bond acceptors (Lipinski definition) is 8. The number of halogens is 1. The Hall–Kier alpha value is -3.15. The minimum Gasteiger partial charge on any atom is -0.482 e. The van der Waals surface area contributed by atoms with Crippen LogP contribution < -0.4 is 14.8 Å². The molecule has 0 radical (unpaired) electrons. The summed E-state index contributed by atoms with van der Waals surface area (Å²) in [7, 11) is -1.38. The summed E-state index contributed by atoms with van der Waals surface area (Å²) >= 11 is 6.13. The molecule has 184 valence electrons. The van der Waals surface area contributed by atoms with Gasteiger partial charge >= 0.3 is 11.9 Å². The van der Waals surface area contributed by atoms with Crippen molar-refractivity contribution in [2.75, 3.05) is 32.7 Å². The number of anilines is 1. The van der Waals surface area contributed by atoms with Crippen LogP contribution in [-0.4, -0.2) is 53.6 Å². The predicted octanol–water partition coefficient (Wildman–Crippen LogP) is 2.87. The smallest absolute Gasteiger partial charge is 0.337 e. The first-order valence-corrected chi connectivity index (χ1v) is 11.9. The van der Waals surface area contributed by atoms with E-state index >= 15 is 0 Å². The average Bonchev–Trinajstić information content (AvgIpc) is 2.80. The van der Waals surface area contributed by atoms with E-state index in [4.69, 9.17) is 16.3 Å². The first kappa shape index (κ1) is 27.1. The number of nitrogens with one attached hydrogen (secondary N) is 2. The fourth-order valence-electron chi connectivity index (χ4n) is 2.64. The third kappa shape index (κ3) is 7.44. The molecule has 0 aliphatic carbocycles. The Labute approximate surface area is 202 Å². The van der Waals surface area contributed by atoms with E-state index in [-0.39, 0.29) is 44.9 Å². The van der Waals surface area contributed by atoms with Crippen molar-refractivity contribution < 1.29 is 37.0 Å². The molecule has 0 aliphatic rings. The lowest BCUT2D eigenvalue weighted by molar-refractivity contribution is -0.118. The van der Waals surface area contributed by atoms with E-state index in [2.05, 4.69) is 19.5 Å². The van der Waals surface area contributed by atoms with E-state index < -0.39 is 34.5 Å². The fraction of sp³-hybridized carbons (Fsp3) is 0.318. The number of methoxy groups -OCH3 is 2. The second kappa shape index (κ2) is 11.8. The van der Waals surface area contributed by atoms with Crippen LogP contribution in [-0.2, 0) is 24.3 Å². The van der Waals surface area contributed by atoms with Crippen LogP contribution in [0.4, 0.5) is 5.69 Å². The van der Waals surface area contributed by atoms with E-state index in [1.165, 1.54) is 50.6 Å². The van der Waals surface area contributed by atoms with Crippen LogP contribution in [0.25, 0.3) is 0 Å². The third-order valence-electron chi connectivity index (χ3n) is 4.31. The number of carbonyl (C=O) groups is 3. The van der Waals surface area contributed by atoms with Crippen molar-refractivity contribution in [1.29, 1.82) is 0 Å². The minimum absolute atomic E-state index is 0.000822. The second-order valence-corrected chi connectivity index (χ2v) is 9.63. The van der Waals surface area contributed by atoms with Crippen LogP contribution in [0, 0.1) is 5.92 Å². The van der Waals surface area contributed by atoms with Gasteiger partial charge in [-0.2, -0.15) is 0 Å². The number of benzene rings is 2. The van der Waals surface area contributed by atoms with Crippen LogP contribution in [0.2, 0.25) is 5.02 Å². The van der Waals surface area contributed by atoms with Gasteiger partial charge in [-0.25, -0.2) is 22.7 Å². The summed E-state index contributed by atoms with van der Waals surface area (Å²) in [6.45, 7) is 3.54. The van der Waals surface area contributed by atoms with Crippen LogP contribution >= 0.6 is 11.6 Å². The lowest BCUT2D eigenvalue weighted by atomic mass is 10.1. The molecule has 0 heterocycles. The number of hydrogen-bond donors (Lipinski definition) is 2. The number of ether oxygens (including phenoxy) is 3. The number of rotatable bonds is 10. The maximum atomic E-state index is 12.4. The Morgan fingerprint density at radius 1 is 0.971 bits per heavy atom. The quantitative estimate of drug-likeness (QED) is 0.463. The van der Waals surface area contributed by atoms with Crippen molar-refractivity contribution in [3.63, 3.8) is 0 Å². The average molecular weight is 513 g/mol. The van der Waals surface area contributed by atoms with Gasteiger partial charge in [0.2, 0.25) is 10.0 Å². The van der Waals surface area contributed by atoms with Gasteiger partial charge < -0.3 is 19.5 Å². The van der Waals surface area contributed by atoms with Gasteiger partial charge in [-0.05, 0) is 42.3 Å². The highest BCUT2D eigenvalue weighted by Gasteiger charge is 2.18. The molecule has 10 nitrogen and oxygen atoms in total. The van der Waals surface area contributed by atoms with Crippen molar-refractivity contribution >= 4 is 45.2 Å². The monoisotopic (exact) mass is 512 g/mol. The molecule has 0 saturated heterocycles. The number of sulfonamides is 1. The Bertz CT molecular complexity index is 1150. The van der Waals surface area contributed by atoms with E-state index in [1.807, 2.05) is 13.8 Å². The van der Waals surface area contributed by atoms with Crippen LogP contribution in [0.3, 0.4) is 0 Å². The maximum absolute atomic E-state index is 12.4. The van der Waals surface area contributed by atoms with Gasteiger partial charge in [0, 0.05) is 12.2 Å². The summed E-state index contributed by atoms with van der Waals surface area (Å²) in [5.74, 6) is -1.81. The highest BCUT2D eigenvalue weighted by Crippen LogP contribution is 2.27. The van der Waals surface area contributed by atoms with Crippen molar-refractivity contribution in [2.24, 2.45) is 5.92 Å². The Kier molecular flexibility index (Phi) is 9.42. The Balaban J connectivity index is 2.10. The van der Waals surface area contributed by atoms with Gasteiger partial charge in [0.05, 0.1) is 35.3 Å². The van der Waals surface area contributed by atoms with Crippen LogP contribution in [0.5, 0.6) is 5.75 Å². The highest BCUT2D eigenvalue weighted by atomic mass is 35.5. The van der Waals surface area contributed by atoms with Crippen molar-refractivity contribution in [1.82, 2.24) is 4.72 Å². The Morgan fingerprint density at radius 2 is 1.56 bits per heavy atom. The molecule has 0 unspecified atom stereocenters. The fourth-order valence-corrected chi connectivity index (χ4v) is 4.18. The third-order valence-corrected chi connectivity index (χ3v) is 6.03. The molecule has 34 heavy (non-hydrogen) atoms. The molecule has 0 aromatic heterocycles. The summed E-state index contributed by atoms with van der Waals surface area (Å²) in [6.07, 6.45) is 0. The highest BCUT2D eigenvalue weighted by molar-refractivity contribution is 7.89. The summed E-state index contributed by atoms with van der Waals surface area (Å²) in [4.78, 5) is 36.0. The Morgan fingerprint density at radius 3 is 2.06 bits per heavy atom. The van der Waals surface area contributed by atoms with Gasteiger partial charge in [0.1, 0.15) is 5.75 Å². The topological polar surface area (TPSA) is 137 Å². The molecule has 12 heteroatoms. The van der Waals surface area contributed by atoms with E-state index in [0.29, 0.717) is 0 Å². The zero-order chi connectivity index (χ0) is 25.5. The zero-order valence-electron chi connectivity index (χ0n) is 19.0. The molecule has 0 bridgehead atoms. The first-order valence-electron chi connectivity index (χ1n) is 10.0. The standard InChI is InChI=1S/C22H25ClN2O8S/c1-13(2)11-24-34(29,30)17-5-6-19(18(23)10-17)33-12-20(26)25-16-8-14(21(27)31-3)7-15(9-16)22(28)32-4/h5-10,13,24H,11-12H2,1-4H3,(H,25,26). The summed E-state index contributed by atoms with van der Waals surface area (Å²) in [5.41, 5.74) is 0.209. The molecule has 0 atom stereocenters. The van der Waals surface area contributed by atoms with E-state index in [1.54, 1.807) is 0 Å². The van der Waals surface area contributed by atoms with Gasteiger partial charge in [0.25, 0.3) is 5.91 Å².